The Morgan fingerprint density at radius 1 is 0.947 bits per heavy atom. The van der Waals surface area contributed by atoms with Crippen LogP contribution in [0.3, 0.4) is 0 Å². The van der Waals surface area contributed by atoms with E-state index in [1.165, 1.54) is 25.7 Å². The molecule has 2 rings (SSSR count). The second kappa shape index (κ2) is 8.19. The molecule has 0 atom stereocenters. The lowest BCUT2D eigenvalue weighted by Crippen LogP contribution is -2.26. The fourth-order valence-electron chi connectivity index (χ4n) is 2.93. The van der Waals surface area contributed by atoms with Gasteiger partial charge in [-0.1, -0.05) is 13.8 Å². The second-order valence-corrected chi connectivity index (χ2v) is 6.45. The van der Waals surface area contributed by atoms with Crippen LogP contribution < -0.4 is 5.73 Å². The number of rotatable bonds is 1. The van der Waals surface area contributed by atoms with Crippen molar-refractivity contribution < 1.29 is 4.79 Å². The normalized spacial score (nSPS) is 34.6. The summed E-state index contributed by atoms with van der Waals surface area (Å²) in [6, 6.07) is 2.32. The molecule has 0 saturated heterocycles. The van der Waals surface area contributed by atoms with Gasteiger partial charge in [-0.05, 0) is 63.2 Å². The lowest BCUT2D eigenvalue weighted by atomic mass is 9.83. The number of carbonyl (C=O) groups is 1. The fraction of sp³-hybridized carbons (Fsp3) is 0.875. The molecule has 0 aromatic carbocycles. The van der Waals surface area contributed by atoms with Gasteiger partial charge in [-0.25, -0.2) is 0 Å². The Balaban J connectivity index is 0.000000191. The van der Waals surface area contributed by atoms with Crippen molar-refractivity contribution in [2.45, 2.75) is 65.2 Å². The van der Waals surface area contributed by atoms with Crippen molar-refractivity contribution in [1.82, 2.24) is 0 Å². The molecule has 1 amide bonds. The Bertz CT molecular complexity index is 305. The van der Waals surface area contributed by atoms with Gasteiger partial charge in [-0.15, -0.1) is 0 Å². The lowest BCUT2D eigenvalue weighted by molar-refractivity contribution is -0.122. The summed E-state index contributed by atoms with van der Waals surface area (Å²) in [7, 11) is 0. The average Bonchev–Trinajstić information content (AvgIpc) is 2.41. The van der Waals surface area contributed by atoms with Crippen LogP contribution >= 0.6 is 0 Å². The van der Waals surface area contributed by atoms with Crippen LogP contribution in [0.15, 0.2) is 0 Å². The van der Waals surface area contributed by atoms with Crippen molar-refractivity contribution in [3.05, 3.63) is 0 Å². The van der Waals surface area contributed by atoms with Gasteiger partial charge in [0.2, 0.25) is 5.91 Å². The molecule has 2 aliphatic rings. The molecular formula is C16H28N2O. The highest BCUT2D eigenvalue weighted by Crippen LogP contribution is 2.28. The Labute approximate surface area is 117 Å². The van der Waals surface area contributed by atoms with Gasteiger partial charge in [0.1, 0.15) is 0 Å². The minimum absolute atomic E-state index is 0.105. The summed E-state index contributed by atoms with van der Waals surface area (Å²) in [6.45, 7) is 4.50. The molecule has 0 radical (unpaired) electrons. The fourth-order valence-corrected chi connectivity index (χ4v) is 2.93. The van der Waals surface area contributed by atoms with E-state index in [2.05, 4.69) is 19.9 Å². The second-order valence-electron chi connectivity index (χ2n) is 6.45. The van der Waals surface area contributed by atoms with Crippen LogP contribution in [0, 0.1) is 35.0 Å². The van der Waals surface area contributed by atoms with Gasteiger partial charge in [0.15, 0.2) is 0 Å². The Morgan fingerprint density at radius 2 is 1.37 bits per heavy atom. The first kappa shape index (κ1) is 16.0. The number of nitrogens with two attached hydrogens (primary N) is 1. The maximum Gasteiger partial charge on any atom is 0.220 e. The van der Waals surface area contributed by atoms with E-state index in [4.69, 9.17) is 11.0 Å². The lowest BCUT2D eigenvalue weighted by Gasteiger charge is -2.23. The monoisotopic (exact) mass is 264 g/mol. The third kappa shape index (κ3) is 6.09. The molecule has 3 nitrogen and oxygen atoms in total. The van der Waals surface area contributed by atoms with E-state index in [0.717, 1.165) is 37.5 Å². The maximum atomic E-state index is 10.7. The number of amides is 1. The van der Waals surface area contributed by atoms with E-state index in [9.17, 15) is 4.79 Å². The van der Waals surface area contributed by atoms with Crippen molar-refractivity contribution >= 4 is 5.91 Å². The van der Waals surface area contributed by atoms with Gasteiger partial charge < -0.3 is 5.73 Å². The van der Waals surface area contributed by atoms with E-state index >= 15 is 0 Å². The van der Waals surface area contributed by atoms with E-state index in [0.29, 0.717) is 5.92 Å². The first-order valence-electron chi connectivity index (χ1n) is 7.71. The van der Waals surface area contributed by atoms with Crippen LogP contribution in [0.2, 0.25) is 0 Å². The maximum absolute atomic E-state index is 10.7. The highest BCUT2D eigenvalue weighted by Gasteiger charge is 2.21. The van der Waals surface area contributed by atoms with Crippen LogP contribution in [-0.4, -0.2) is 5.91 Å². The van der Waals surface area contributed by atoms with Gasteiger partial charge in [-0.3, -0.25) is 4.79 Å². The van der Waals surface area contributed by atoms with E-state index in [-0.39, 0.29) is 11.8 Å². The SMILES string of the molecule is CC1CCC(C#N)CC1.CC1CCC(C(N)=O)CC1. The van der Waals surface area contributed by atoms with Gasteiger partial charge >= 0.3 is 0 Å². The predicted molar refractivity (Wildman–Crippen MR) is 77.1 cm³/mol. The number of nitrogens with zero attached hydrogens (tertiary/aromatic N) is 1. The molecule has 0 aromatic rings. The van der Waals surface area contributed by atoms with Gasteiger partial charge in [0.25, 0.3) is 0 Å². The molecule has 19 heavy (non-hydrogen) atoms. The Morgan fingerprint density at radius 3 is 1.74 bits per heavy atom. The molecule has 0 heterocycles. The third-order valence-corrected chi connectivity index (χ3v) is 4.62. The molecule has 0 aromatic heterocycles. The summed E-state index contributed by atoms with van der Waals surface area (Å²) in [4.78, 5) is 10.7. The van der Waals surface area contributed by atoms with Crippen molar-refractivity contribution in [2.75, 3.05) is 0 Å². The summed E-state index contributed by atoms with van der Waals surface area (Å²) in [5, 5.41) is 8.53. The van der Waals surface area contributed by atoms with Crippen LogP contribution in [0.4, 0.5) is 0 Å². The van der Waals surface area contributed by atoms with Crippen molar-refractivity contribution in [3.8, 4) is 6.07 Å². The first-order valence-corrected chi connectivity index (χ1v) is 7.71. The zero-order valence-corrected chi connectivity index (χ0v) is 12.4. The van der Waals surface area contributed by atoms with E-state index in [1.54, 1.807) is 0 Å². The molecule has 2 fully saturated rings. The smallest absolute Gasteiger partial charge is 0.220 e. The van der Waals surface area contributed by atoms with Gasteiger partial charge in [0.05, 0.1) is 6.07 Å². The average molecular weight is 264 g/mol. The molecule has 108 valence electrons. The molecule has 3 heteroatoms. The summed E-state index contributed by atoms with van der Waals surface area (Å²) >= 11 is 0. The molecule has 2 N–H and O–H groups in total. The van der Waals surface area contributed by atoms with Gasteiger partial charge in [-0.2, -0.15) is 5.26 Å². The number of nitriles is 1. The summed E-state index contributed by atoms with van der Waals surface area (Å²) in [5.41, 5.74) is 5.17. The zero-order valence-electron chi connectivity index (χ0n) is 12.4. The minimum Gasteiger partial charge on any atom is -0.369 e. The van der Waals surface area contributed by atoms with Crippen LogP contribution in [-0.2, 0) is 4.79 Å². The molecule has 0 unspecified atom stereocenters. The highest BCUT2D eigenvalue weighted by atomic mass is 16.1. The molecule has 0 bridgehead atoms. The minimum atomic E-state index is -0.105. The highest BCUT2D eigenvalue weighted by molar-refractivity contribution is 5.76. The number of primary amides is 1. The Hall–Kier alpha value is -1.04. The van der Waals surface area contributed by atoms with Crippen LogP contribution in [0.25, 0.3) is 0 Å². The molecular weight excluding hydrogens is 236 g/mol. The van der Waals surface area contributed by atoms with E-state index < -0.39 is 0 Å². The number of hydrogen-bond acceptors (Lipinski definition) is 2. The van der Waals surface area contributed by atoms with Gasteiger partial charge in [0, 0.05) is 11.8 Å². The third-order valence-electron chi connectivity index (χ3n) is 4.62. The molecule has 0 aliphatic heterocycles. The number of hydrogen-bond donors (Lipinski definition) is 1. The number of carbonyl (C=O) groups excluding carboxylic acids is 1. The first-order chi connectivity index (χ1) is 9.02. The summed E-state index contributed by atoms with van der Waals surface area (Å²) < 4.78 is 0. The zero-order chi connectivity index (χ0) is 14.3. The standard InChI is InChI=1S/C8H15NO.C8H13N/c1-6-2-4-7(5-3-6)8(9)10;1-7-2-4-8(6-9)5-3-7/h6-7H,2-5H2,1H3,(H2,9,10);7-8H,2-5H2,1H3. The van der Waals surface area contributed by atoms with E-state index in [1.807, 2.05) is 0 Å². The largest absolute Gasteiger partial charge is 0.369 e. The molecule has 2 aliphatic carbocycles. The predicted octanol–water partition coefficient (Wildman–Crippen LogP) is 3.63. The topological polar surface area (TPSA) is 66.9 Å². The summed E-state index contributed by atoms with van der Waals surface area (Å²) in [6.07, 6.45) is 9.17. The van der Waals surface area contributed by atoms with Crippen LogP contribution in [0.1, 0.15) is 65.2 Å². The molecule has 2 saturated carbocycles. The van der Waals surface area contributed by atoms with Crippen LogP contribution in [0.5, 0.6) is 0 Å². The quantitative estimate of drug-likeness (QED) is 0.785. The van der Waals surface area contributed by atoms with Crippen molar-refractivity contribution in [3.63, 3.8) is 0 Å². The summed E-state index contributed by atoms with van der Waals surface area (Å²) in [5.74, 6) is 2.12. The Kier molecular flexibility index (Phi) is 6.91. The molecule has 0 spiro atoms. The van der Waals surface area contributed by atoms with Crippen molar-refractivity contribution in [2.24, 2.45) is 29.4 Å². The van der Waals surface area contributed by atoms with Crippen molar-refractivity contribution in [1.29, 1.82) is 5.26 Å².